The van der Waals surface area contributed by atoms with Gasteiger partial charge in [0, 0.05) is 44.4 Å². The molecule has 2 aromatic carbocycles. The van der Waals surface area contributed by atoms with E-state index in [4.69, 9.17) is 16.3 Å². The Morgan fingerprint density at radius 1 is 1.03 bits per heavy atom. The maximum atomic E-state index is 12.9. The van der Waals surface area contributed by atoms with Crippen LogP contribution < -0.4 is 20.3 Å². The summed E-state index contributed by atoms with van der Waals surface area (Å²) in [4.78, 5) is 42.8. The van der Waals surface area contributed by atoms with E-state index < -0.39 is 11.7 Å². The highest BCUT2D eigenvalue weighted by molar-refractivity contribution is 6.67. The zero-order valence-electron chi connectivity index (χ0n) is 18.8. The first kappa shape index (κ1) is 24.9. The average Bonchev–Trinajstić information content (AvgIpc) is 2.75. The van der Waals surface area contributed by atoms with Crippen LogP contribution in [0.25, 0.3) is 0 Å². The first-order valence-corrected chi connectivity index (χ1v) is 10.5. The average molecular weight is 459 g/mol. The minimum absolute atomic E-state index is 0.237. The van der Waals surface area contributed by atoms with Crippen molar-refractivity contribution in [2.24, 2.45) is 4.99 Å². The van der Waals surface area contributed by atoms with Gasteiger partial charge in [0.1, 0.15) is 11.4 Å². The lowest BCUT2D eigenvalue weighted by Crippen LogP contribution is -2.28. The van der Waals surface area contributed by atoms with Crippen LogP contribution >= 0.6 is 11.6 Å². The highest BCUT2D eigenvalue weighted by atomic mass is 35.5. The first-order valence-electron chi connectivity index (χ1n) is 10.1. The summed E-state index contributed by atoms with van der Waals surface area (Å²) in [6.07, 6.45) is 0. The fraction of sp³-hybridized carbons (Fsp3) is 0.304. The van der Waals surface area contributed by atoms with Crippen molar-refractivity contribution in [1.29, 1.82) is 0 Å². The minimum atomic E-state index is -0.728. The summed E-state index contributed by atoms with van der Waals surface area (Å²) in [6, 6.07) is 10.0. The highest BCUT2D eigenvalue weighted by Crippen LogP contribution is 2.32. The summed E-state index contributed by atoms with van der Waals surface area (Å²) >= 11 is 6.17. The molecule has 0 radical (unpaired) electrons. The van der Waals surface area contributed by atoms with Gasteiger partial charge in [-0.25, -0.2) is 4.99 Å². The Morgan fingerprint density at radius 3 is 2.28 bits per heavy atom. The lowest BCUT2D eigenvalue weighted by Gasteiger charge is -2.22. The number of benzene rings is 2. The number of halogens is 1. The zero-order chi connectivity index (χ0) is 23.8. The van der Waals surface area contributed by atoms with Gasteiger partial charge in [-0.2, -0.15) is 0 Å². The third kappa shape index (κ3) is 6.31. The molecule has 0 saturated carbocycles. The molecule has 2 aromatic rings. The summed E-state index contributed by atoms with van der Waals surface area (Å²) < 4.78 is 5.44. The zero-order valence-corrected chi connectivity index (χ0v) is 19.5. The van der Waals surface area contributed by atoms with Crippen LogP contribution in [0.2, 0.25) is 5.02 Å². The van der Waals surface area contributed by atoms with Crippen LogP contribution in [0, 0.1) is 0 Å². The standard InChI is InChI=1S/C23H27ClN4O4/c1-6-28(7-2)17-9-11-19(21(13-17)32-5)26-22(14(3)29)23(31)27-20-12-16(25-15(4)30)8-10-18(20)24/h8-13H,6-7H2,1-5H3,(H,25,30)(H,27,31). The minimum Gasteiger partial charge on any atom is -0.494 e. The SMILES string of the molecule is CCN(CC)c1ccc(N=C(C(C)=O)C(=O)Nc2cc(NC(C)=O)ccc2Cl)c(OC)c1. The van der Waals surface area contributed by atoms with Gasteiger partial charge in [-0.1, -0.05) is 11.6 Å². The molecule has 2 rings (SSSR count). The van der Waals surface area contributed by atoms with Gasteiger partial charge in [0.2, 0.25) is 5.91 Å². The van der Waals surface area contributed by atoms with Crippen molar-refractivity contribution in [3.63, 3.8) is 0 Å². The number of ketones is 1. The number of carbonyl (C=O) groups is 3. The maximum Gasteiger partial charge on any atom is 0.278 e. The van der Waals surface area contributed by atoms with E-state index in [0.717, 1.165) is 18.8 Å². The van der Waals surface area contributed by atoms with Gasteiger partial charge in [-0.3, -0.25) is 14.4 Å². The number of nitrogens with zero attached hydrogens (tertiary/aromatic N) is 2. The van der Waals surface area contributed by atoms with Crippen LogP contribution in [-0.4, -0.2) is 43.5 Å². The number of ether oxygens (including phenoxy) is 1. The third-order valence-electron chi connectivity index (χ3n) is 4.61. The molecule has 0 heterocycles. The molecule has 0 aromatic heterocycles. The van der Waals surface area contributed by atoms with Crippen molar-refractivity contribution in [3.8, 4) is 5.75 Å². The lowest BCUT2D eigenvalue weighted by molar-refractivity contribution is -0.115. The fourth-order valence-corrected chi connectivity index (χ4v) is 3.20. The number of rotatable bonds is 9. The van der Waals surface area contributed by atoms with Crippen LogP contribution in [-0.2, 0) is 14.4 Å². The van der Waals surface area contributed by atoms with Crippen LogP contribution in [0.15, 0.2) is 41.4 Å². The second-order valence-corrected chi connectivity index (χ2v) is 7.28. The lowest BCUT2D eigenvalue weighted by atomic mass is 10.2. The van der Waals surface area contributed by atoms with E-state index in [0.29, 0.717) is 17.1 Å². The molecular weight excluding hydrogens is 432 g/mol. The monoisotopic (exact) mass is 458 g/mol. The molecule has 0 saturated heterocycles. The van der Waals surface area contributed by atoms with Gasteiger partial charge in [0.05, 0.1) is 17.8 Å². The normalized spacial score (nSPS) is 11.0. The Morgan fingerprint density at radius 2 is 1.72 bits per heavy atom. The van der Waals surface area contributed by atoms with Crippen LogP contribution in [0.1, 0.15) is 27.7 Å². The number of nitrogens with one attached hydrogen (secondary N) is 2. The highest BCUT2D eigenvalue weighted by Gasteiger charge is 2.20. The summed E-state index contributed by atoms with van der Waals surface area (Å²) in [5, 5.41) is 5.44. The Labute approximate surface area is 192 Å². The summed E-state index contributed by atoms with van der Waals surface area (Å²) in [5.41, 5.74) is 1.68. The van der Waals surface area contributed by atoms with Gasteiger partial charge in [-0.05, 0) is 44.2 Å². The smallest absolute Gasteiger partial charge is 0.278 e. The molecule has 2 N–H and O–H groups in total. The second-order valence-electron chi connectivity index (χ2n) is 6.87. The Balaban J connectivity index is 2.39. The van der Waals surface area contributed by atoms with Crippen LogP contribution in [0.3, 0.4) is 0 Å². The number of methoxy groups -OCH3 is 1. The maximum absolute atomic E-state index is 12.9. The van der Waals surface area contributed by atoms with Crippen LogP contribution in [0.4, 0.5) is 22.7 Å². The molecule has 2 amide bonds. The second kappa shape index (κ2) is 11.3. The van der Waals surface area contributed by atoms with Crippen LogP contribution in [0.5, 0.6) is 5.75 Å². The van der Waals surface area contributed by atoms with Gasteiger partial charge >= 0.3 is 0 Å². The van der Waals surface area contributed by atoms with Crippen molar-refractivity contribution in [1.82, 2.24) is 0 Å². The van der Waals surface area contributed by atoms with E-state index in [2.05, 4.69) is 20.5 Å². The number of hydrogen-bond acceptors (Lipinski definition) is 6. The van der Waals surface area contributed by atoms with E-state index in [1.807, 2.05) is 26.0 Å². The molecule has 170 valence electrons. The van der Waals surface area contributed by atoms with E-state index in [-0.39, 0.29) is 22.3 Å². The number of Topliss-reactive ketones (excluding diaryl/α,β-unsaturated/α-hetero) is 1. The van der Waals surface area contributed by atoms with Gasteiger partial charge in [0.25, 0.3) is 5.91 Å². The molecule has 9 heteroatoms. The largest absolute Gasteiger partial charge is 0.494 e. The molecule has 32 heavy (non-hydrogen) atoms. The summed E-state index contributed by atoms with van der Waals surface area (Å²) in [6.45, 7) is 8.36. The molecule has 0 fully saturated rings. The van der Waals surface area contributed by atoms with Crippen molar-refractivity contribution in [2.75, 3.05) is 35.7 Å². The van der Waals surface area contributed by atoms with E-state index >= 15 is 0 Å². The quantitative estimate of drug-likeness (QED) is 0.427. The molecular formula is C23H27ClN4O4. The van der Waals surface area contributed by atoms with Crippen molar-refractivity contribution in [2.45, 2.75) is 27.7 Å². The molecule has 0 aliphatic rings. The van der Waals surface area contributed by atoms with Crippen molar-refractivity contribution in [3.05, 3.63) is 41.4 Å². The molecule has 0 atom stereocenters. The van der Waals surface area contributed by atoms with E-state index in [9.17, 15) is 14.4 Å². The Bertz CT molecular complexity index is 1050. The van der Waals surface area contributed by atoms with Gasteiger partial charge < -0.3 is 20.3 Å². The van der Waals surface area contributed by atoms with E-state index in [1.165, 1.54) is 33.1 Å². The Hall–Kier alpha value is -3.39. The van der Waals surface area contributed by atoms with Gasteiger partial charge in [-0.15, -0.1) is 0 Å². The predicted molar refractivity (Wildman–Crippen MR) is 129 cm³/mol. The summed E-state index contributed by atoms with van der Waals surface area (Å²) in [5.74, 6) is -1.08. The molecule has 0 spiro atoms. The topological polar surface area (TPSA) is 100 Å². The molecule has 0 bridgehead atoms. The number of aliphatic imine (C=N–C) groups is 1. The number of anilines is 3. The molecule has 0 unspecified atom stereocenters. The first-order chi connectivity index (χ1) is 15.2. The summed E-state index contributed by atoms with van der Waals surface area (Å²) in [7, 11) is 1.50. The molecule has 8 nitrogen and oxygen atoms in total. The Kier molecular flexibility index (Phi) is 8.78. The number of amides is 2. The third-order valence-corrected chi connectivity index (χ3v) is 4.94. The van der Waals surface area contributed by atoms with Gasteiger partial charge in [0.15, 0.2) is 11.5 Å². The predicted octanol–water partition coefficient (Wildman–Crippen LogP) is 4.45. The molecule has 0 aliphatic carbocycles. The molecule has 0 aliphatic heterocycles. The van der Waals surface area contributed by atoms with Crippen molar-refractivity contribution < 1.29 is 19.1 Å². The number of hydrogen-bond donors (Lipinski definition) is 2. The van der Waals surface area contributed by atoms with E-state index in [1.54, 1.807) is 12.1 Å². The van der Waals surface area contributed by atoms with Crippen molar-refractivity contribution >= 4 is 57.7 Å². The fourth-order valence-electron chi connectivity index (χ4n) is 3.04. The number of carbonyl (C=O) groups excluding carboxylic acids is 3.